The molecular formula is C15H21N3OS2. The van der Waals surface area contributed by atoms with Crippen LogP contribution >= 0.6 is 23.1 Å². The molecule has 4 nitrogen and oxygen atoms in total. The van der Waals surface area contributed by atoms with E-state index in [1.165, 1.54) is 9.60 Å². The van der Waals surface area contributed by atoms with Gasteiger partial charge in [0.25, 0.3) is 0 Å². The molecule has 0 spiro atoms. The maximum atomic E-state index is 5.36. The Kier molecular flexibility index (Phi) is 5.35. The van der Waals surface area contributed by atoms with Gasteiger partial charge < -0.3 is 10.1 Å². The Morgan fingerprint density at radius 2 is 2.24 bits per heavy atom. The number of hydrogen-bond acceptors (Lipinski definition) is 6. The fourth-order valence-corrected chi connectivity index (χ4v) is 4.09. The Balaban J connectivity index is 1.56. The Hall–Kier alpha value is -0.820. The first-order valence-electron chi connectivity index (χ1n) is 7.42. The Bertz CT molecular complexity index is 581. The van der Waals surface area contributed by atoms with Crippen LogP contribution < -0.4 is 5.32 Å². The van der Waals surface area contributed by atoms with Crippen molar-refractivity contribution < 1.29 is 4.74 Å². The van der Waals surface area contributed by atoms with Crippen LogP contribution in [0.4, 0.5) is 5.13 Å². The molecule has 1 aromatic carbocycles. The lowest BCUT2D eigenvalue weighted by molar-refractivity contribution is 0.0398. The Morgan fingerprint density at radius 3 is 3.05 bits per heavy atom. The lowest BCUT2D eigenvalue weighted by Gasteiger charge is -2.26. The van der Waals surface area contributed by atoms with Crippen molar-refractivity contribution in [3.63, 3.8) is 0 Å². The van der Waals surface area contributed by atoms with Crippen LogP contribution in [0.15, 0.2) is 23.1 Å². The molecule has 21 heavy (non-hydrogen) atoms. The molecule has 1 aliphatic rings. The summed E-state index contributed by atoms with van der Waals surface area (Å²) < 4.78 is 6.63. The molecular weight excluding hydrogens is 302 g/mol. The van der Waals surface area contributed by atoms with E-state index in [1.54, 1.807) is 11.3 Å². The summed E-state index contributed by atoms with van der Waals surface area (Å²) in [5, 5.41) is 4.48. The van der Waals surface area contributed by atoms with Gasteiger partial charge in [-0.3, -0.25) is 4.90 Å². The number of nitrogens with zero attached hydrogens (tertiary/aromatic N) is 2. The molecule has 0 bridgehead atoms. The SMILES string of the molecule is CCSc1ccc2nc(NCCN3CCOCC3)sc2c1. The van der Waals surface area contributed by atoms with Crippen molar-refractivity contribution in [1.29, 1.82) is 0 Å². The molecule has 1 fully saturated rings. The van der Waals surface area contributed by atoms with Crippen LogP contribution in [0, 0.1) is 0 Å². The first-order chi connectivity index (χ1) is 10.3. The van der Waals surface area contributed by atoms with Crippen LogP contribution in [-0.2, 0) is 4.74 Å². The number of morpholine rings is 1. The smallest absolute Gasteiger partial charge is 0.183 e. The summed E-state index contributed by atoms with van der Waals surface area (Å²) in [7, 11) is 0. The monoisotopic (exact) mass is 323 g/mol. The fraction of sp³-hybridized carbons (Fsp3) is 0.533. The molecule has 0 saturated carbocycles. The number of rotatable bonds is 6. The van der Waals surface area contributed by atoms with Gasteiger partial charge in [-0.1, -0.05) is 18.3 Å². The first kappa shape index (κ1) is 15.1. The summed E-state index contributed by atoms with van der Waals surface area (Å²) in [5.74, 6) is 1.11. The number of benzene rings is 1. The molecule has 2 aromatic rings. The van der Waals surface area contributed by atoms with Crippen LogP contribution in [0.5, 0.6) is 0 Å². The molecule has 1 aliphatic heterocycles. The normalized spacial score (nSPS) is 16.4. The zero-order valence-corrected chi connectivity index (χ0v) is 13.9. The first-order valence-corrected chi connectivity index (χ1v) is 9.23. The molecule has 3 rings (SSSR count). The highest BCUT2D eigenvalue weighted by Gasteiger charge is 2.10. The zero-order valence-electron chi connectivity index (χ0n) is 12.3. The van der Waals surface area contributed by atoms with Gasteiger partial charge in [-0.15, -0.1) is 11.8 Å². The molecule has 6 heteroatoms. The van der Waals surface area contributed by atoms with Crippen molar-refractivity contribution >= 4 is 38.4 Å². The molecule has 0 radical (unpaired) electrons. The maximum Gasteiger partial charge on any atom is 0.183 e. The molecule has 1 N–H and O–H groups in total. The number of thioether (sulfide) groups is 1. The van der Waals surface area contributed by atoms with Crippen LogP contribution in [-0.4, -0.2) is 55.0 Å². The fourth-order valence-electron chi connectivity index (χ4n) is 2.38. The summed E-state index contributed by atoms with van der Waals surface area (Å²) in [6, 6.07) is 6.53. The van der Waals surface area contributed by atoms with E-state index in [0.29, 0.717) is 0 Å². The van der Waals surface area contributed by atoms with Gasteiger partial charge in [-0.25, -0.2) is 4.98 Å². The zero-order chi connectivity index (χ0) is 14.5. The van der Waals surface area contributed by atoms with Crippen LogP contribution in [0.3, 0.4) is 0 Å². The molecule has 114 valence electrons. The number of nitrogens with one attached hydrogen (secondary N) is 1. The topological polar surface area (TPSA) is 37.4 Å². The minimum Gasteiger partial charge on any atom is -0.379 e. The number of fused-ring (bicyclic) bond motifs is 1. The lowest BCUT2D eigenvalue weighted by atomic mass is 10.3. The second kappa shape index (κ2) is 7.45. The highest BCUT2D eigenvalue weighted by Crippen LogP contribution is 2.29. The largest absolute Gasteiger partial charge is 0.379 e. The highest BCUT2D eigenvalue weighted by molar-refractivity contribution is 7.99. The van der Waals surface area contributed by atoms with Gasteiger partial charge in [-0.05, 0) is 24.0 Å². The summed E-state index contributed by atoms with van der Waals surface area (Å²) in [6.45, 7) is 7.98. The minimum absolute atomic E-state index is 0.860. The highest BCUT2D eigenvalue weighted by atomic mass is 32.2. The van der Waals surface area contributed by atoms with Crippen molar-refractivity contribution in [2.24, 2.45) is 0 Å². The molecule has 0 aliphatic carbocycles. The second-order valence-electron chi connectivity index (χ2n) is 4.96. The van der Waals surface area contributed by atoms with Crippen molar-refractivity contribution in [1.82, 2.24) is 9.88 Å². The van der Waals surface area contributed by atoms with E-state index in [9.17, 15) is 0 Å². The van der Waals surface area contributed by atoms with E-state index in [0.717, 1.165) is 55.8 Å². The van der Waals surface area contributed by atoms with E-state index < -0.39 is 0 Å². The summed E-state index contributed by atoms with van der Waals surface area (Å²) >= 11 is 3.62. The third-order valence-electron chi connectivity index (χ3n) is 3.48. The number of anilines is 1. The third-order valence-corrected chi connectivity index (χ3v) is 5.33. The second-order valence-corrected chi connectivity index (χ2v) is 7.33. The Morgan fingerprint density at radius 1 is 1.38 bits per heavy atom. The predicted octanol–water partition coefficient (Wildman–Crippen LogP) is 3.15. The molecule has 1 aromatic heterocycles. The molecule has 0 amide bonds. The summed E-state index contributed by atoms with van der Waals surface area (Å²) in [6.07, 6.45) is 0. The van der Waals surface area contributed by atoms with Gasteiger partial charge in [0, 0.05) is 31.1 Å². The minimum atomic E-state index is 0.860. The summed E-state index contributed by atoms with van der Waals surface area (Å²) in [5.41, 5.74) is 1.09. The van der Waals surface area contributed by atoms with Crippen molar-refractivity contribution in [3.05, 3.63) is 18.2 Å². The molecule has 0 unspecified atom stereocenters. The number of aromatic nitrogens is 1. The predicted molar refractivity (Wildman–Crippen MR) is 91.8 cm³/mol. The maximum absolute atomic E-state index is 5.36. The van der Waals surface area contributed by atoms with Crippen molar-refractivity contribution in [2.45, 2.75) is 11.8 Å². The average Bonchev–Trinajstić information content (AvgIpc) is 2.91. The van der Waals surface area contributed by atoms with Crippen LogP contribution in [0.1, 0.15) is 6.92 Å². The van der Waals surface area contributed by atoms with Crippen molar-refractivity contribution in [2.75, 3.05) is 50.5 Å². The van der Waals surface area contributed by atoms with Gasteiger partial charge in [0.05, 0.1) is 23.4 Å². The molecule has 2 heterocycles. The van der Waals surface area contributed by atoms with E-state index in [2.05, 4.69) is 40.3 Å². The van der Waals surface area contributed by atoms with E-state index in [4.69, 9.17) is 4.74 Å². The van der Waals surface area contributed by atoms with Crippen LogP contribution in [0.25, 0.3) is 10.2 Å². The lowest BCUT2D eigenvalue weighted by Crippen LogP contribution is -2.38. The quantitative estimate of drug-likeness (QED) is 0.827. The van der Waals surface area contributed by atoms with Gasteiger partial charge >= 0.3 is 0 Å². The number of hydrogen-bond donors (Lipinski definition) is 1. The van der Waals surface area contributed by atoms with E-state index in [-0.39, 0.29) is 0 Å². The van der Waals surface area contributed by atoms with Gasteiger partial charge in [0.15, 0.2) is 5.13 Å². The van der Waals surface area contributed by atoms with Gasteiger partial charge in [0.2, 0.25) is 0 Å². The molecule has 1 saturated heterocycles. The number of ether oxygens (including phenoxy) is 1. The van der Waals surface area contributed by atoms with Gasteiger partial charge in [-0.2, -0.15) is 0 Å². The standard InChI is InChI=1S/C15H21N3OS2/c1-2-20-12-3-4-13-14(11-12)21-15(17-13)16-5-6-18-7-9-19-10-8-18/h3-4,11H,2,5-10H2,1H3,(H,16,17). The average molecular weight is 323 g/mol. The van der Waals surface area contributed by atoms with E-state index >= 15 is 0 Å². The van der Waals surface area contributed by atoms with Crippen LogP contribution in [0.2, 0.25) is 0 Å². The van der Waals surface area contributed by atoms with Crippen molar-refractivity contribution in [3.8, 4) is 0 Å². The third kappa shape index (κ3) is 4.10. The van der Waals surface area contributed by atoms with E-state index in [1.807, 2.05) is 11.8 Å². The molecule has 0 atom stereocenters. The van der Waals surface area contributed by atoms with Gasteiger partial charge in [0.1, 0.15) is 0 Å². The Labute approximate surface area is 133 Å². The number of thiazole rings is 1. The summed E-state index contributed by atoms with van der Waals surface area (Å²) in [4.78, 5) is 8.41.